The van der Waals surface area contributed by atoms with Crippen LogP contribution in [0.1, 0.15) is 18.5 Å². The van der Waals surface area contributed by atoms with Crippen LogP contribution in [0, 0.1) is 12.3 Å². The summed E-state index contributed by atoms with van der Waals surface area (Å²) in [5.74, 6) is 0.546. The lowest BCUT2D eigenvalue weighted by Crippen LogP contribution is -2.71. The zero-order valence-corrected chi connectivity index (χ0v) is 22.5. The van der Waals surface area contributed by atoms with Gasteiger partial charge in [-0.05, 0) is 34.9 Å². The first-order valence-corrected chi connectivity index (χ1v) is 14.4. The highest BCUT2D eigenvalue weighted by molar-refractivity contribution is 8.01. The summed E-state index contributed by atoms with van der Waals surface area (Å²) in [4.78, 5) is 49.3. The summed E-state index contributed by atoms with van der Waals surface area (Å²) in [6, 6.07) is -0.957. The molecule has 0 aromatic carbocycles. The molecule has 3 atom stereocenters. The average Bonchev–Trinajstić information content (AvgIpc) is 3.69. The van der Waals surface area contributed by atoms with Crippen molar-refractivity contribution in [2.45, 2.75) is 42.1 Å². The Labute approximate surface area is 234 Å². The number of nitrogens with two attached hydrogens (primary N) is 1. The Bertz CT molecular complexity index is 1440. The van der Waals surface area contributed by atoms with Crippen LogP contribution in [0.4, 0.5) is 5.13 Å². The molecule has 1 fully saturated rings. The van der Waals surface area contributed by atoms with Crippen molar-refractivity contribution < 1.29 is 24.3 Å². The highest BCUT2D eigenvalue weighted by Gasteiger charge is 2.54. The molecule has 0 radical (unpaired) electrons. The number of nitrogens with one attached hydrogen (secondary N) is 1. The number of amides is 2. The molecule has 2 unspecified atom stereocenters. The predicted molar refractivity (Wildman–Crippen MR) is 143 cm³/mol. The fraction of sp³-hybridized carbons (Fsp3) is 0.364. The molecule has 2 aliphatic heterocycles. The predicted octanol–water partition coefficient (Wildman–Crippen LogP) is 0.315. The van der Waals surface area contributed by atoms with Gasteiger partial charge in [-0.2, -0.15) is 0 Å². The SMILES string of the molecule is C#CCn1nnnc1SCC1=C(C(=O)O)N2C(=O)C(NC(=O)C(=NOC3C=CCC3)c3csc(N)n3)[C@H]2SC1. The van der Waals surface area contributed by atoms with Gasteiger partial charge in [0.05, 0.1) is 0 Å². The van der Waals surface area contributed by atoms with E-state index in [1.54, 1.807) is 5.38 Å². The van der Waals surface area contributed by atoms with Crippen LogP contribution in [0.25, 0.3) is 0 Å². The minimum atomic E-state index is -1.24. The van der Waals surface area contributed by atoms with Crippen LogP contribution < -0.4 is 11.1 Å². The Morgan fingerprint density at radius 1 is 1.44 bits per heavy atom. The van der Waals surface area contributed by atoms with Crippen molar-refractivity contribution in [3.05, 3.63) is 34.5 Å². The number of aliphatic carboxylic acids is 1. The molecule has 0 spiro atoms. The molecule has 39 heavy (non-hydrogen) atoms. The second-order valence-corrected chi connectivity index (χ2v) is 11.3. The third-order valence-corrected chi connectivity index (χ3v) is 8.94. The second-order valence-electron chi connectivity index (χ2n) is 8.39. The number of allylic oxidation sites excluding steroid dienone is 1. The van der Waals surface area contributed by atoms with E-state index in [-0.39, 0.29) is 40.6 Å². The number of hydrogen-bond donors (Lipinski definition) is 3. The largest absolute Gasteiger partial charge is 0.477 e. The molecule has 202 valence electrons. The van der Waals surface area contributed by atoms with E-state index < -0.39 is 29.2 Å². The molecule has 2 aromatic heterocycles. The molecule has 2 amide bonds. The van der Waals surface area contributed by atoms with Crippen LogP contribution in [0.3, 0.4) is 0 Å². The average molecular weight is 588 g/mol. The van der Waals surface area contributed by atoms with Crippen LogP contribution >= 0.6 is 34.9 Å². The van der Waals surface area contributed by atoms with Crippen molar-refractivity contribution >= 4 is 63.5 Å². The molecule has 1 aliphatic carbocycles. The molecule has 0 bridgehead atoms. The maximum atomic E-state index is 13.2. The van der Waals surface area contributed by atoms with E-state index in [2.05, 4.69) is 36.9 Å². The van der Waals surface area contributed by atoms with Crippen molar-refractivity contribution in [2.75, 3.05) is 17.2 Å². The fourth-order valence-electron chi connectivity index (χ4n) is 4.06. The number of oxime groups is 1. The number of thiazole rings is 1. The molecule has 14 nitrogen and oxygen atoms in total. The van der Waals surface area contributed by atoms with Gasteiger partial charge in [-0.25, -0.2) is 14.5 Å². The lowest BCUT2D eigenvalue weighted by atomic mass is 10.0. The summed E-state index contributed by atoms with van der Waals surface area (Å²) in [5, 5.41) is 29.6. The number of carbonyl (C=O) groups is 3. The minimum Gasteiger partial charge on any atom is -0.477 e. The first-order chi connectivity index (χ1) is 18.9. The van der Waals surface area contributed by atoms with Crippen molar-refractivity contribution in [1.82, 2.24) is 35.4 Å². The summed E-state index contributed by atoms with van der Waals surface area (Å²) in [7, 11) is 0. The number of terminal acetylenes is 1. The van der Waals surface area contributed by atoms with E-state index in [9.17, 15) is 19.5 Å². The van der Waals surface area contributed by atoms with Gasteiger partial charge >= 0.3 is 5.97 Å². The van der Waals surface area contributed by atoms with Gasteiger partial charge in [-0.1, -0.05) is 28.9 Å². The lowest BCUT2D eigenvalue weighted by Gasteiger charge is -2.49. The van der Waals surface area contributed by atoms with Gasteiger partial charge in [0.25, 0.3) is 11.8 Å². The van der Waals surface area contributed by atoms with Gasteiger partial charge in [0.1, 0.15) is 35.5 Å². The van der Waals surface area contributed by atoms with Crippen molar-refractivity contribution in [3.8, 4) is 12.3 Å². The van der Waals surface area contributed by atoms with Crippen LogP contribution in [0.2, 0.25) is 0 Å². The number of carboxylic acids is 1. The van der Waals surface area contributed by atoms with Gasteiger partial charge in [0.15, 0.2) is 10.8 Å². The van der Waals surface area contributed by atoms with Crippen LogP contribution in [0.15, 0.2) is 39.1 Å². The smallest absolute Gasteiger partial charge is 0.352 e. The zero-order valence-electron chi connectivity index (χ0n) is 20.1. The normalized spacial score (nSPS) is 22.3. The quantitative estimate of drug-likeness (QED) is 0.0863. The van der Waals surface area contributed by atoms with E-state index in [0.29, 0.717) is 16.5 Å². The summed E-state index contributed by atoms with van der Waals surface area (Å²) >= 11 is 3.70. The Morgan fingerprint density at radius 2 is 2.28 bits per heavy atom. The number of rotatable bonds is 10. The van der Waals surface area contributed by atoms with Gasteiger partial charge < -0.3 is 21.0 Å². The molecule has 1 saturated heterocycles. The summed E-state index contributed by atoms with van der Waals surface area (Å²) in [6.07, 6.45) is 10.4. The fourth-order valence-corrected chi connectivity index (χ4v) is 6.96. The van der Waals surface area contributed by atoms with Crippen LogP contribution in [-0.4, -0.2) is 87.7 Å². The highest BCUT2D eigenvalue weighted by Crippen LogP contribution is 2.41. The number of carbonyl (C=O) groups excluding carboxylic acids is 2. The second kappa shape index (κ2) is 11.5. The molecule has 17 heteroatoms. The van der Waals surface area contributed by atoms with E-state index in [4.69, 9.17) is 17.0 Å². The number of anilines is 1. The van der Waals surface area contributed by atoms with E-state index in [1.807, 2.05) is 12.2 Å². The molecule has 4 heterocycles. The Kier molecular flexibility index (Phi) is 7.86. The van der Waals surface area contributed by atoms with Gasteiger partial charge in [-0.3, -0.25) is 14.5 Å². The van der Waals surface area contributed by atoms with Crippen molar-refractivity contribution in [2.24, 2.45) is 5.16 Å². The molecular weight excluding hydrogens is 567 g/mol. The number of aromatic nitrogens is 5. The molecule has 0 saturated carbocycles. The van der Waals surface area contributed by atoms with Gasteiger partial charge in [-0.15, -0.1) is 34.6 Å². The van der Waals surface area contributed by atoms with Crippen LogP contribution in [-0.2, 0) is 25.8 Å². The highest BCUT2D eigenvalue weighted by atomic mass is 32.2. The number of nitrogens with zero attached hydrogens (tertiary/aromatic N) is 7. The third-order valence-electron chi connectivity index (χ3n) is 5.88. The monoisotopic (exact) mass is 587 g/mol. The molecule has 4 N–H and O–H groups in total. The number of hydrogen-bond acceptors (Lipinski definition) is 13. The Morgan fingerprint density at radius 3 is 2.97 bits per heavy atom. The third kappa shape index (κ3) is 5.48. The maximum Gasteiger partial charge on any atom is 0.352 e. The number of carboxylic acid groups (broad SMARTS) is 1. The topological polar surface area (TPSA) is 191 Å². The number of thioether (sulfide) groups is 2. The van der Waals surface area contributed by atoms with Gasteiger partial charge in [0, 0.05) is 16.9 Å². The Hall–Kier alpha value is -3.88. The first-order valence-electron chi connectivity index (χ1n) is 11.5. The van der Waals surface area contributed by atoms with Crippen molar-refractivity contribution in [3.63, 3.8) is 0 Å². The summed E-state index contributed by atoms with van der Waals surface area (Å²) < 4.78 is 1.42. The summed E-state index contributed by atoms with van der Waals surface area (Å²) in [5.41, 5.74) is 6.25. The number of tetrazole rings is 1. The zero-order chi connectivity index (χ0) is 27.5. The number of fused-ring (bicyclic) bond motifs is 1. The Balaban J connectivity index is 1.30. The standard InChI is InChI=1S/C22H21N9O5S3/c1-2-7-30-22(26-28-29-30)39-9-11-8-37-19-15(18(33)31(19)16(11)20(34)35)25-17(32)14(13-10-38-21(23)24-13)27-36-12-5-3-4-6-12/h1,3,5,10,12,15,19H,4,6-9H2,(H2,23,24)(H,25,32)(H,34,35)/t12?,15?,19-/m1/s1. The van der Waals surface area contributed by atoms with E-state index >= 15 is 0 Å². The number of β-lactam (4-membered cyclic amide) rings is 1. The van der Waals surface area contributed by atoms with Crippen LogP contribution in [0.5, 0.6) is 0 Å². The molecule has 5 rings (SSSR count). The molecule has 2 aromatic rings. The summed E-state index contributed by atoms with van der Waals surface area (Å²) in [6.45, 7) is 0.171. The minimum absolute atomic E-state index is 0.116. The van der Waals surface area contributed by atoms with E-state index in [0.717, 1.165) is 24.2 Å². The van der Waals surface area contributed by atoms with Gasteiger partial charge in [0.2, 0.25) is 5.16 Å². The lowest BCUT2D eigenvalue weighted by molar-refractivity contribution is -0.150. The van der Waals surface area contributed by atoms with E-state index in [1.165, 1.54) is 33.1 Å². The molecule has 3 aliphatic rings. The first kappa shape index (κ1) is 26.7. The number of nitrogen functional groups attached to an aromatic ring is 1. The maximum absolute atomic E-state index is 13.2. The molecular formula is C22H21N9O5S3. The van der Waals surface area contributed by atoms with Crippen molar-refractivity contribution in [1.29, 1.82) is 0 Å².